The molecular formula is C23H26F3N. The van der Waals surface area contributed by atoms with Crippen molar-refractivity contribution >= 4 is 0 Å². The van der Waals surface area contributed by atoms with Gasteiger partial charge in [0.25, 0.3) is 0 Å². The van der Waals surface area contributed by atoms with Gasteiger partial charge >= 0.3 is 6.18 Å². The lowest BCUT2D eigenvalue weighted by atomic mass is 9.98. The molecule has 0 heterocycles. The van der Waals surface area contributed by atoms with Crippen molar-refractivity contribution in [2.24, 2.45) is 5.73 Å². The largest absolute Gasteiger partial charge is 0.416 e. The fourth-order valence-corrected chi connectivity index (χ4v) is 2.82. The summed E-state index contributed by atoms with van der Waals surface area (Å²) < 4.78 is 37.9. The number of hydrogen-bond acceptors (Lipinski definition) is 1. The first-order valence-electron chi connectivity index (χ1n) is 9.40. The van der Waals surface area contributed by atoms with Crippen LogP contribution in [0, 0.1) is 11.8 Å². The van der Waals surface area contributed by atoms with Crippen LogP contribution in [-0.2, 0) is 12.6 Å². The van der Waals surface area contributed by atoms with E-state index in [4.69, 9.17) is 5.73 Å². The number of rotatable bonds is 7. The van der Waals surface area contributed by atoms with Gasteiger partial charge in [0.2, 0.25) is 0 Å². The Labute approximate surface area is 159 Å². The summed E-state index contributed by atoms with van der Waals surface area (Å²) in [7, 11) is 0. The Hall–Kier alpha value is -2.25. The van der Waals surface area contributed by atoms with E-state index in [0.717, 1.165) is 36.1 Å². The minimum absolute atomic E-state index is 0.345. The zero-order valence-electron chi connectivity index (χ0n) is 15.7. The lowest BCUT2D eigenvalue weighted by molar-refractivity contribution is -0.137. The molecule has 2 rings (SSSR count). The van der Waals surface area contributed by atoms with Crippen molar-refractivity contribution in [3.63, 3.8) is 0 Å². The van der Waals surface area contributed by atoms with Crippen molar-refractivity contribution in [2.45, 2.75) is 57.7 Å². The summed E-state index contributed by atoms with van der Waals surface area (Å²) in [6.45, 7) is 2.19. The van der Waals surface area contributed by atoms with Crippen LogP contribution in [0.5, 0.6) is 0 Å². The third-order valence-corrected chi connectivity index (χ3v) is 4.46. The first-order chi connectivity index (χ1) is 12.9. The van der Waals surface area contributed by atoms with Gasteiger partial charge in [0.05, 0.1) is 5.56 Å². The summed E-state index contributed by atoms with van der Waals surface area (Å²) in [6, 6.07) is 12.6. The summed E-state index contributed by atoms with van der Waals surface area (Å²) in [4.78, 5) is 0. The van der Waals surface area contributed by atoms with Crippen LogP contribution >= 0.6 is 0 Å². The van der Waals surface area contributed by atoms with E-state index >= 15 is 0 Å². The molecule has 1 nitrogen and oxygen atoms in total. The fourth-order valence-electron chi connectivity index (χ4n) is 2.82. The van der Waals surface area contributed by atoms with E-state index in [1.165, 1.54) is 31.4 Å². The Kier molecular flexibility index (Phi) is 7.94. The third-order valence-electron chi connectivity index (χ3n) is 4.46. The number of nitrogens with two attached hydrogens (primary N) is 1. The van der Waals surface area contributed by atoms with E-state index in [1.807, 2.05) is 24.3 Å². The minimum Gasteiger partial charge on any atom is -0.324 e. The Morgan fingerprint density at radius 2 is 1.59 bits per heavy atom. The maximum atomic E-state index is 12.6. The number of alkyl halides is 3. The second kappa shape index (κ2) is 10.2. The first-order valence-corrected chi connectivity index (χ1v) is 9.40. The topological polar surface area (TPSA) is 26.0 Å². The molecule has 0 amide bonds. The lowest BCUT2D eigenvalue weighted by Crippen LogP contribution is -2.14. The quantitative estimate of drug-likeness (QED) is 0.449. The Balaban J connectivity index is 1.89. The van der Waals surface area contributed by atoms with Gasteiger partial charge in [0.1, 0.15) is 0 Å². The average molecular weight is 373 g/mol. The van der Waals surface area contributed by atoms with E-state index < -0.39 is 11.7 Å². The maximum Gasteiger partial charge on any atom is 0.416 e. The molecule has 0 bridgehead atoms. The molecule has 1 unspecified atom stereocenters. The molecule has 144 valence electrons. The fraction of sp³-hybridized carbons (Fsp3) is 0.391. The molecule has 0 aliphatic carbocycles. The molecule has 0 fully saturated rings. The lowest BCUT2D eigenvalue weighted by Gasteiger charge is -2.14. The van der Waals surface area contributed by atoms with Crippen molar-refractivity contribution in [2.75, 3.05) is 0 Å². The van der Waals surface area contributed by atoms with Gasteiger partial charge in [-0.25, -0.2) is 0 Å². The molecule has 0 aliphatic heterocycles. The van der Waals surface area contributed by atoms with Gasteiger partial charge in [-0.1, -0.05) is 62.3 Å². The van der Waals surface area contributed by atoms with Gasteiger partial charge in [-0.05, 0) is 48.2 Å². The standard InChI is InChI=1S/C23H26F3N/c1-2-3-4-5-6-7-8-18-9-11-19(12-10-18)17-22(27)20-13-15-21(16-14-20)23(24,25)26/h9-16,22H,2-6,17,27H2,1H3. The van der Waals surface area contributed by atoms with Crippen LogP contribution in [0.15, 0.2) is 48.5 Å². The smallest absolute Gasteiger partial charge is 0.324 e. The van der Waals surface area contributed by atoms with Crippen molar-refractivity contribution in [3.05, 3.63) is 70.8 Å². The predicted octanol–water partition coefficient (Wildman–Crippen LogP) is 6.27. The summed E-state index contributed by atoms with van der Waals surface area (Å²) in [5.41, 5.74) is 8.20. The Bertz CT molecular complexity index is 749. The zero-order chi connectivity index (χ0) is 19.7. The van der Waals surface area contributed by atoms with Crippen LogP contribution in [0.2, 0.25) is 0 Å². The molecule has 0 aromatic heterocycles. The van der Waals surface area contributed by atoms with Crippen LogP contribution in [0.3, 0.4) is 0 Å². The van der Waals surface area contributed by atoms with Crippen molar-refractivity contribution < 1.29 is 13.2 Å². The highest BCUT2D eigenvalue weighted by Gasteiger charge is 2.30. The van der Waals surface area contributed by atoms with E-state index in [2.05, 4.69) is 18.8 Å². The highest BCUT2D eigenvalue weighted by molar-refractivity contribution is 5.37. The van der Waals surface area contributed by atoms with Gasteiger partial charge in [-0.2, -0.15) is 13.2 Å². The Morgan fingerprint density at radius 3 is 2.19 bits per heavy atom. The molecule has 0 radical (unpaired) electrons. The summed E-state index contributed by atoms with van der Waals surface area (Å²) >= 11 is 0. The van der Waals surface area contributed by atoms with Crippen molar-refractivity contribution in [1.29, 1.82) is 0 Å². The SMILES string of the molecule is CCCCCCC#Cc1ccc(CC(N)c2ccc(C(F)(F)F)cc2)cc1. The van der Waals surface area contributed by atoms with Crippen LogP contribution in [0.4, 0.5) is 13.2 Å². The number of benzene rings is 2. The molecule has 0 spiro atoms. The number of unbranched alkanes of at least 4 members (excludes halogenated alkanes) is 4. The normalized spacial score (nSPS) is 12.3. The monoisotopic (exact) mass is 373 g/mol. The van der Waals surface area contributed by atoms with Gasteiger partial charge in [-0.3, -0.25) is 0 Å². The average Bonchev–Trinajstić information content (AvgIpc) is 2.65. The Morgan fingerprint density at radius 1 is 0.926 bits per heavy atom. The first kappa shape index (κ1) is 21.1. The van der Waals surface area contributed by atoms with Crippen LogP contribution in [0.25, 0.3) is 0 Å². The second-order valence-electron chi connectivity index (χ2n) is 6.74. The highest BCUT2D eigenvalue weighted by atomic mass is 19.4. The predicted molar refractivity (Wildman–Crippen MR) is 104 cm³/mol. The number of hydrogen-bond donors (Lipinski definition) is 1. The van der Waals surface area contributed by atoms with Gasteiger partial charge in [-0.15, -0.1) is 0 Å². The zero-order valence-corrected chi connectivity index (χ0v) is 15.7. The van der Waals surface area contributed by atoms with Crippen molar-refractivity contribution in [3.8, 4) is 11.8 Å². The summed E-state index contributed by atoms with van der Waals surface area (Å²) in [6.07, 6.45) is 2.01. The molecule has 2 aromatic rings. The molecule has 0 saturated heterocycles. The molecule has 0 saturated carbocycles. The van der Waals surface area contributed by atoms with E-state index in [-0.39, 0.29) is 6.04 Å². The molecule has 1 atom stereocenters. The molecule has 2 N–H and O–H groups in total. The van der Waals surface area contributed by atoms with E-state index in [9.17, 15) is 13.2 Å². The minimum atomic E-state index is -4.32. The number of halogens is 3. The van der Waals surface area contributed by atoms with E-state index in [0.29, 0.717) is 12.0 Å². The molecule has 4 heteroatoms. The van der Waals surface area contributed by atoms with Gasteiger partial charge in [0.15, 0.2) is 0 Å². The highest BCUT2D eigenvalue weighted by Crippen LogP contribution is 2.30. The van der Waals surface area contributed by atoms with Crippen LogP contribution in [-0.4, -0.2) is 0 Å². The molecular weight excluding hydrogens is 347 g/mol. The van der Waals surface area contributed by atoms with Crippen molar-refractivity contribution in [1.82, 2.24) is 0 Å². The van der Waals surface area contributed by atoms with Gasteiger partial charge in [0, 0.05) is 18.0 Å². The molecule has 0 aliphatic rings. The third kappa shape index (κ3) is 7.11. The van der Waals surface area contributed by atoms with Crippen LogP contribution in [0.1, 0.15) is 67.3 Å². The van der Waals surface area contributed by atoms with Gasteiger partial charge < -0.3 is 5.73 Å². The second-order valence-corrected chi connectivity index (χ2v) is 6.74. The molecule has 27 heavy (non-hydrogen) atoms. The summed E-state index contributed by atoms with van der Waals surface area (Å²) in [5, 5.41) is 0. The van der Waals surface area contributed by atoms with E-state index in [1.54, 1.807) is 0 Å². The van der Waals surface area contributed by atoms with Crippen LogP contribution < -0.4 is 5.73 Å². The summed E-state index contributed by atoms with van der Waals surface area (Å²) in [5.74, 6) is 6.36. The maximum absolute atomic E-state index is 12.6. The molecule has 2 aromatic carbocycles.